The van der Waals surface area contributed by atoms with Crippen molar-refractivity contribution in [2.75, 3.05) is 0 Å². The van der Waals surface area contributed by atoms with Crippen LogP contribution in [0.5, 0.6) is 0 Å². The lowest BCUT2D eigenvalue weighted by atomic mass is 9.93. The van der Waals surface area contributed by atoms with Crippen LogP contribution in [0.3, 0.4) is 0 Å². The number of hydrogen-bond acceptors (Lipinski definition) is 1. The van der Waals surface area contributed by atoms with Crippen molar-refractivity contribution >= 4 is 55.0 Å². The van der Waals surface area contributed by atoms with E-state index in [1.165, 1.54) is 10.8 Å². The van der Waals surface area contributed by atoms with Gasteiger partial charge in [0, 0.05) is 33.1 Å². The molecule has 0 unspecified atom stereocenters. The van der Waals surface area contributed by atoms with Gasteiger partial charge in [-0.1, -0.05) is 91.0 Å². The minimum Gasteiger partial charge on any atom is -0.310 e. The van der Waals surface area contributed by atoms with Crippen LogP contribution in [0.15, 0.2) is 152 Å². The highest BCUT2D eigenvalue weighted by Crippen LogP contribution is 2.42. The Morgan fingerprint density at radius 2 is 1.06 bits per heavy atom. The average Bonchev–Trinajstić information content (AvgIpc) is 3.69. The van der Waals surface area contributed by atoms with Gasteiger partial charge in [0.05, 0.1) is 46.8 Å². The van der Waals surface area contributed by atoms with Crippen LogP contribution >= 0.6 is 0 Å². The third-order valence-electron chi connectivity index (χ3n) is 9.57. The number of fused-ring (bicyclic) bond motifs is 6. The summed E-state index contributed by atoms with van der Waals surface area (Å²) >= 11 is 0. The molecule has 230 valence electrons. The largest absolute Gasteiger partial charge is 0.310 e. The molecule has 5 nitrogen and oxygen atoms in total. The van der Waals surface area contributed by atoms with Crippen molar-refractivity contribution in [3.05, 3.63) is 180 Å². The molecule has 9 rings (SSSR count). The molecule has 0 fully saturated rings. The zero-order valence-corrected chi connectivity index (χ0v) is 26.7. The Hall–Kier alpha value is -7.39. The number of para-hydroxylation sites is 2. The number of benzene rings is 7. The molecule has 7 aromatic carbocycles. The number of hydrogen-bond donors (Lipinski definition) is 0. The van der Waals surface area contributed by atoms with Crippen LogP contribution in [0.1, 0.15) is 5.56 Å². The molecule has 0 spiro atoms. The Balaban J connectivity index is 1.29. The molecule has 0 bridgehead atoms. The average molecular weight is 636 g/mol. The van der Waals surface area contributed by atoms with Crippen LogP contribution in [-0.2, 0) is 0 Å². The summed E-state index contributed by atoms with van der Waals surface area (Å²) in [7, 11) is 0. The molecule has 0 N–H and O–H groups in total. The maximum atomic E-state index is 9.74. The first-order chi connectivity index (χ1) is 24.7. The van der Waals surface area contributed by atoms with Gasteiger partial charge in [-0.3, -0.25) is 0 Å². The van der Waals surface area contributed by atoms with Crippen molar-refractivity contribution in [2.45, 2.75) is 0 Å². The summed E-state index contributed by atoms with van der Waals surface area (Å²) in [5.41, 5.74) is 11.8. The Labute approximate surface area is 288 Å². The van der Waals surface area contributed by atoms with E-state index in [9.17, 15) is 5.26 Å². The molecule has 0 saturated carbocycles. The van der Waals surface area contributed by atoms with E-state index in [2.05, 4.69) is 122 Å². The minimum absolute atomic E-state index is 0.524. The molecule has 9 aromatic rings. The molecule has 2 heterocycles. The molecule has 2 aromatic heterocycles. The van der Waals surface area contributed by atoms with Gasteiger partial charge in [-0.15, -0.1) is 0 Å². The summed E-state index contributed by atoms with van der Waals surface area (Å²) in [6.07, 6.45) is 0. The van der Waals surface area contributed by atoms with E-state index in [4.69, 9.17) is 13.1 Å². The summed E-state index contributed by atoms with van der Waals surface area (Å²) in [6.45, 7) is 15.6. The maximum absolute atomic E-state index is 9.74. The molecular formula is C45H25N5. The van der Waals surface area contributed by atoms with E-state index >= 15 is 0 Å². The van der Waals surface area contributed by atoms with Crippen molar-refractivity contribution in [3.63, 3.8) is 0 Å². The standard InChI is InChI=1S/C45H25N5/c1-47-31-20-23-44-40(26-31)39-24-29(28-46)18-22-43(39)50(44)45-27-32(48-2)19-21-38(45)35-13-4-3-12-34(35)30-10-9-11-33(25-30)49-41-16-7-5-14-36(41)37-15-6-8-17-42(37)49/h3-27H. The van der Waals surface area contributed by atoms with E-state index in [0.717, 1.165) is 66.5 Å². The Kier molecular flexibility index (Phi) is 6.56. The fourth-order valence-corrected chi connectivity index (χ4v) is 7.40. The Morgan fingerprint density at radius 3 is 1.78 bits per heavy atom. The van der Waals surface area contributed by atoms with Crippen molar-refractivity contribution < 1.29 is 0 Å². The van der Waals surface area contributed by atoms with Gasteiger partial charge in [-0.2, -0.15) is 5.26 Å². The molecule has 0 aliphatic carbocycles. The van der Waals surface area contributed by atoms with Crippen LogP contribution in [-0.4, -0.2) is 9.13 Å². The molecule has 50 heavy (non-hydrogen) atoms. The minimum atomic E-state index is 0.524. The van der Waals surface area contributed by atoms with Crippen molar-refractivity contribution in [2.24, 2.45) is 0 Å². The molecular weight excluding hydrogens is 611 g/mol. The maximum Gasteiger partial charge on any atom is 0.189 e. The second-order valence-corrected chi connectivity index (χ2v) is 12.3. The van der Waals surface area contributed by atoms with E-state index in [1.54, 1.807) is 0 Å². The van der Waals surface area contributed by atoms with Crippen LogP contribution in [0.2, 0.25) is 0 Å². The fraction of sp³-hybridized carbons (Fsp3) is 0. The fourth-order valence-electron chi connectivity index (χ4n) is 7.40. The molecule has 0 aliphatic heterocycles. The smallest absolute Gasteiger partial charge is 0.189 e. The van der Waals surface area contributed by atoms with Gasteiger partial charge in [0.25, 0.3) is 0 Å². The van der Waals surface area contributed by atoms with Crippen molar-refractivity contribution in [1.82, 2.24) is 9.13 Å². The van der Waals surface area contributed by atoms with Crippen LogP contribution in [0.25, 0.3) is 86.9 Å². The highest BCUT2D eigenvalue weighted by Gasteiger charge is 2.20. The first-order valence-electron chi connectivity index (χ1n) is 16.2. The van der Waals surface area contributed by atoms with Gasteiger partial charge in [-0.25, -0.2) is 9.69 Å². The van der Waals surface area contributed by atoms with Gasteiger partial charge in [0.1, 0.15) is 0 Å². The lowest BCUT2D eigenvalue weighted by Crippen LogP contribution is -1.98. The quantitative estimate of drug-likeness (QED) is 0.177. The van der Waals surface area contributed by atoms with E-state index in [0.29, 0.717) is 16.9 Å². The number of aromatic nitrogens is 2. The molecule has 0 aliphatic rings. The highest BCUT2D eigenvalue weighted by atomic mass is 15.0. The molecule has 0 atom stereocenters. The topological polar surface area (TPSA) is 42.4 Å². The normalized spacial score (nSPS) is 11.1. The summed E-state index contributed by atoms with van der Waals surface area (Å²) in [5, 5.41) is 13.9. The Morgan fingerprint density at radius 1 is 0.460 bits per heavy atom. The summed E-state index contributed by atoms with van der Waals surface area (Å²) in [4.78, 5) is 7.50. The number of rotatable bonds is 4. The van der Waals surface area contributed by atoms with Crippen molar-refractivity contribution in [1.29, 1.82) is 5.26 Å². The van der Waals surface area contributed by atoms with E-state index in [1.807, 2.05) is 54.6 Å². The monoisotopic (exact) mass is 635 g/mol. The zero-order chi connectivity index (χ0) is 33.8. The first-order valence-corrected chi connectivity index (χ1v) is 16.2. The second-order valence-electron chi connectivity index (χ2n) is 12.3. The van der Waals surface area contributed by atoms with Crippen molar-refractivity contribution in [3.8, 4) is 39.7 Å². The molecule has 0 radical (unpaired) electrons. The number of nitrogens with zero attached hydrogens (tertiary/aromatic N) is 5. The van der Waals surface area contributed by atoms with Gasteiger partial charge >= 0.3 is 0 Å². The predicted molar refractivity (Wildman–Crippen MR) is 203 cm³/mol. The lowest BCUT2D eigenvalue weighted by molar-refractivity contribution is 1.18. The predicted octanol–water partition coefficient (Wildman–Crippen LogP) is 12.2. The summed E-state index contributed by atoms with van der Waals surface area (Å²) < 4.78 is 4.49. The van der Waals surface area contributed by atoms with E-state index in [-0.39, 0.29) is 0 Å². The third-order valence-corrected chi connectivity index (χ3v) is 9.57. The SMILES string of the molecule is [C-]#[N+]c1ccc(-c2ccccc2-c2cccc(-n3c4ccccc4c4ccccc43)c2)c(-n2c3ccc(C#N)cc3c3cc([N+]#[C-])ccc32)c1. The first kappa shape index (κ1) is 28.8. The highest BCUT2D eigenvalue weighted by molar-refractivity contribution is 6.12. The summed E-state index contributed by atoms with van der Waals surface area (Å²) in [6, 6.07) is 53.6. The number of nitriles is 1. The van der Waals surface area contributed by atoms with Gasteiger partial charge < -0.3 is 9.13 Å². The summed E-state index contributed by atoms with van der Waals surface area (Å²) in [5.74, 6) is 0. The molecule has 5 heteroatoms. The molecule has 0 saturated heterocycles. The van der Waals surface area contributed by atoms with Crippen LogP contribution < -0.4 is 0 Å². The second kappa shape index (κ2) is 11.4. The Bertz CT molecular complexity index is 2850. The van der Waals surface area contributed by atoms with Gasteiger partial charge in [-0.05, 0) is 82.7 Å². The van der Waals surface area contributed by atoms with Crippen LogP contribution in [0.4, 0.5) is 11.4 Å². The molecule has 0 amide bonds. The van der Waals surface area contributed by atoms with Gasteiger partial charge in [0.15, 0.2) is 11.4 Å². The third kappa shape index (κ3) is 4.38. The van der Waals surface area contributed by atoms with E-state index < -0.39 is 0 Å². The van der Waals surface area contributed by atoms with Crippen LogP contribution in [0, 0.1) is 24.5 Å². The lowest BCUT2D eigenvalue weighted by Gasteiger charge is -2.18. The zero-order valence-electron chi connectivity index (χ0n) is 26.7. The van der Waals surface area contributed by atoms with Gasteiger partial charge in [0.2, 0.25) is 0 Å².